The first-order valence-corrected chi connectivity index (χ1v) is 7.76. The van der Waals surface area contributed by atoms with Crippen LogP contribution in [0.3, 0.4) is 0 Å². The Morgan fingerprint density at radius 1 is 1.55 bits per heavy atom. The smallest absolute Gasteiger partial charge is 0.250 e. The molecule has 1 aliphatic rings. The summed E-state index contributed by atoms with van der Waals surface area (Å²) in [5.74, 6) is 1.27. The van der Waals surface area contributed by atoms with Gasteiger partial charge in [-0.3, -0.25) is 9.79 Å². The number of aromatic nitrogens is 1. The van der Waals surface area contributed by atoms with Gasteiger partial charge in [-0.2, -0.15) is 0 Å². The summed E-state index contributed by atoms with van der Waals surface area (Å²) < 4.78 is 2.53. The second-order valence-electron chi connectivity index (χ2n) is 5.31. The highest BCUT2D eigenvalue weighted by Gasteiger charge is 2.17. The van der Waals surface area contributed by atoms with Crippen molar-refractivity contribution in [3.8, 4) is 0 Å². The Bertz CT molecular complexity index is 540. The summed E-state index contributed by atoms with van der Waals surface area (Å²) in [6, 6.07) is 3.29. The number of hydrogen-bond donors (Lipinski definition) is 1. The Labute approximate surface area is 127 Å². The molecule has 6 heteroatoms. The second-order valence-corrected chi connectivity index (χ2v) is 6.23. The van der Waals surface area contributed by atoms with E-state index in [0.29, 0.717) is 25.0 Å². The van der Waals surface area contributed by atoms with E-state index in [9.17, 15) is 4.79 Å². The zero-order chi connectivity index (χ0) is 14.5. The molecule has 0 saturated carbocycles. The van der Waals surface area contributed by atoms with E-state index in [1.807, 2.05) is 0 Å². The lowest BCUT2D eigenvalue weighted by molar-refractivity contribution is 0.270. The third kappa shape index (κ3) is 4.10. The van der Waals surface area contributed by atoms with Crippen molar-refractivity contribution in [1.29, 1.82) is 0 Å². The van der Waals surface area contributed by atoms with Crippen LogP contribution < -0.4 is 11.3 Å². The van der Waals surface area contributed by atoms with E-state index in [0.717, 1.165) is 17.6 Å². The minimum absolute atomic E-state index is 0.0198. The van der Waals surface area contributed by atoms with Gasteiger partial charge in [0.1, 0.15) is 0 Å². The van der Waals surface area contributed by atoms with Gasteiger partial charge < -0.3 is 15.2 Å². The molecule has 2 N–H and O–H groups in total. The lowest BCUT2D eigenvalue weighted by Gasteiger charge is -2.31. The largest absolute Gasteiger partial charge is 0.370 e. The molecular weight excluding hydrogens is 320 g/mol. The molecule has 0 bridgehead atoms. The van der Waals surface area contributed by atoms with E-state index in [1.165, 1.54) is 12.8 Å². The van der Waals surface area contributed by atoms with Gasteiger partial charge in [0.05, 0.1) is 6.54 Å². The molecule has 20 heavy (non-hydrogen) atoms. The van der Waals surface area contributed by atoms with Crippen LogP contribution in [-0.2, 0) is 6.54 Å². The minimum atomic E-state index is -0.0198. The summed E-state index contributed by atoms with van der Waals surface area (Å²) in [5.41, 5.74) is 6.00. The lowest BCUT2D eigenvalue weighted by Crippen LogP contribution is -2.43. The molecule has 1 fully saturated rings. The van der Waals surface area contributed by atoms with Crippen LogP contribution in [0.15, 0.2) is 32.6 Å². The van der Waals surface area contributed by atoms with Crippen molar-refractivity contribution in [2.75, 3.05) is 19.6 Å². The fourth-order valence-corrected chi connectivity index (χ4v) is 2.83. The molecule has 1 aliphatic heterocycles. The van der Waals surface area contributed by atoms with Crippen molar-refractivity contribution >= 4 is 21.9 Å². The maximum absolute atomic E-state index is 11.6. The van der Waals surface area contributed by atoms with E-state index in [4.69, 9.17) is 5.73 Å². The van der Waals surface area contributed by atoms with Gasteiger partial charge in [-0.15, -0.1) is 0 Å². The van der Waals surface area contributed by atoms with Gasteiger partial charge in [0.15, 0.2) is 5.96 Å². The number of piperidine rings is 1. The van der Waals surface area contributed by atoms with Gasteiger partial charge in [0.25, 0.3) is 5.56 Å². The van der Waals surface area contributed by atoms with Crippen molar-refractivity contribution in [2.45, 2.75) is 26.3 Å². The molecule has 0 amide bonds. The first kappa shape index (κ1) is 15.1. The fourth-order valence-electron chi connectivity index (χ4n) is 2.45. The van der Waals surface area contributed by atoms with Crippen LogP contribution >= 0.6 is 15.9 Å². The Balaban J connectivity index is 1.92. The van der Waals surface area contributed by atoms with Gasteiger partial charge in [-0.1, -0.05) is 6.92 Å². The van der Waals surface area contributed by atoms with Crippen LogP contribution in [0.2, 0.25) is 0 Å². The zero-order valence-electron chi connectivity index (χ0n) is 11.8. The monoisotopic (exact) mass is 340 g/mol. The first-order chi connectivity index (χ1) is 9.56. The molecule has 0 spiro atoms. The van der Waals surface area contributed by atoms with E-state index in [2.05, 4.69) is 32.7 Å². The topological polar surface area (TPSA) is 63.6 Å². The number of rotatable bonds is 3. The third-order valence-corrected chi connectivity index (χ3v) is 4.01. The highest BCUT2D eigenvalue weighted by atomic mass is 79.9. The van der Waals surface area contributed by atoms with Gasteiger partial charge in [0, 0.05) is 36.4 Å². The quantitative estimate of drug-likeness (QED) is 0.672. The maximum atomic E-state index is 11.6. The third-order valence-electron chi connectivity index (χ3n) is 3.54. The second kappa shape index (κ2) is 6.92. The Kier molecular flexibility index (Phi) is 5.23. The fraction of sp³-hybridized carbons (Fsp3) is 0.571. The van der Waals surface area contributed by atoms with Crippen LogP contribution in [0.25, 0.3) is 0 Å². The Morgan fingerprint density at radius 2 is 2.35 bits per heavy atom. The average Bonchev–Trinajstić information content (AvgIpc) is 2.42. The number of nitrogens with zero attached hydrogens (tertiary/aromatic N) is 3. The molecule has 0 aliphatic carbocycles. The van der Waals surface area contributed by atoms with Crippen molar-refractivity contribution in [3.05, 3.63) is 33.2 Å². The van der Waals surface area contributed by atoms with E-state index < -0.39 is 0 Å². The molecule has 0 radical (unpaired) electrons. The lowest BCUT2D eigenvalue weighted by atomic mass is 10.0. The van der Waals surface area contributed by atoms with Gasteiger partial charge in [0.2, 0.25) is 0 Å². The SMILES string of the molecule is CC1CCCN(C(N)=NCCn2cc(Br)ccc2=O)C1. The van der Waals surface area contributed by atoms with Crippen molar-refractivity contribution in [1.82, 2.24) is 9.47 Å². The highest BCUT2D eigenvalue weighted by molar-refractivity contribution is 9.10. The Morgan fingerprint density at radius 3 is 3.10 bits per heavy atom. The number of aliphatic imine (C=N–C) groups is 1. The molecular formula is C14H21BrN4O. The predicted molar refractivity (Wildman–Crippen MR) is 84.9 cm³/mol. The first-order valence-electron chi connectivity index (χ1n) is 6.97. The van der Waals surface area contributed by atoms with Crippen molar-refractivity contribution in [3.63, 3.8) is 0 Å². The molecule has 2 heterocycles. The molecule has 1 aromatic rings. The molecule has 2 rings (SSSR count). The Hall–Kier alpha value is -1.30. The van der Waals surface area contributed by atoms with Gasteiger partial charge >= 0.3 is 0 Å². The number of pyridine rings is 1. The maximum Gasteiger partial charge on any atom is 0.250 e. The molecule has 5 nitrogen and oxygen atoms in total. The normalized spacial score (nSPS) is 20.2. The average molecular weight is 341 g/mol. The molecule has 110 valence electrons. The molecule has 1 aromatic heterocycles. The van der Waals surface area contributed by atoms with Crippen LogP contribution in [-0.4, -0.2) is 35.1 Å². The van der Waals surface area contributed by atoms with E-state index >= 15 is 0 Å². The van der Waals surface area contributed by atoms with Gasteiger partial charge in [-0.25, -0.2) is 0 Å². The van der Waals surface area contributed by atoms with Crippen LogP contribution in [0.5, 0.6) is 0 Å². The number of likely N-dealkylation sites (tertiary alicyclic amines) is 1. The molecule has 1 unspecified atom stereocenters. The van der Waals surface area contributed by atoms with Crippen molar-refractivity contribution < 1.29 is 0 Å². The summed E-state index contributed by atoms with van der Waals surface area (Å²) >= 11 is 3.36. The summed E-state index contributed by atoms with van der Waals surface area (Å²) in [7, 11) is 0. The van der Waals surface area contributed by atoms with Crippen LogP contribution in [0, 0.1) is 5.92 Å². The zero-order valence-corrected chi connectivity index (χ0v) is 13.3. The predicted octanol–water partition coefficient (Wildman–Crippen LogP) is 1.66. The number of hydrogen-bond acceptors (Lipinski definition) is 2. The van der Waals surface area contributed by atoms with E-state index in [-0.39, 0.29) is 5.56 Å². The summed E-state index contributed by atoms with van der Waals surface area (Å²) in [6.45, 7) is 5.26. The summed E-state index contributed by atoms with van der Waals surface area (Å²) in [4.78, 5) is 18.2. The standard InChI is InChI=1S/C14H21BrN4O/c1-11-3-2-7-19(9-11)14(16)17-6-8-18-10-12(15)4-5-13(18)20/h4-5,10-11H,2-3,6-9H2,1H3,(H2,16,17). The molecule has 0 aromatic carbocycles. The number of guanidine groups is 1. The van der Waals surface area contributed by atoms with Crippen LogP contribution in [0.4, 0.5) is 0 Å². The van der Waals surface area contributed by atoms with Gasteiger partial charge in [-0.05, 0) is 40.8 Å². The summed E-state index contributed by atoms with van der Waals surface area (Å²) in [5, 5.41) is 0. The summed E-state index contributed by atoms with van der Waals surface area (Å²) in [6.07, 6.45) is 4.21. The van der Waals surface area contributed by atoms with E-state index in [1.54, 1.807) is 22.9 Å². The van der Waals surface area contributed by atoms with Crippen molar-refractivity contribution in [2.24, 2.45) is 16.6 Å². The van der Waals surface area contributed by atoms with Crippen LogP contribution in [0.1, 0.15) is 19.8 Å². The molecule has 1 atom stereocenters. The number of nitrogens with two attached hydrogens (primary N) is 1. The highest BCUT2D eigenvalue weighted by Crippen LogP contribution is 2.14. The minimum Gasteiger partial charge on any atom is -0.370 e. The number of halogens is 1. The molecule has 1 saturated heterocycles.